The maximum absolute atomic E-state index is 13.8. The molecule has 23 heavy (non-hydrogen) atoms. The van der Waals surface area contributed by atoms with Gasteiger partial charge in [0.15, 0.2) is 0 Å². The van der Waals surface area contributed by atoms with Gasteiger partial charge in [0.05, 0.1) is 12.2 Å². The molecule has 2 fully saturated rings. The van der Waals surface area contributed by atoms with Gasteiger partial charge in [0.25, 0.3) is 0 Å². The first-order valence-electron chi connectivity index (χ1n) is 7.95. The summed E-state index contributed by atoms with van der Waals surface area (Å²) in [6.07, 6.45) is 2.03. The first kappa shape index (κ1) is 15.6. The Morgan fingerprint density at radius 2 is 1.83 bits per heavy atom. The van der Waals surface area contributed by atoms with Gasteiger partial charge in [-0.25, -0.2) is 9.18 Å². The summed E-state index contributed by atoms with van der Waals surface area (Å²) in [4.78, 5) is 27.3. The Morgan fingerprint density at radius 1 is 1.13 bits per heavy atom. The Morgan fingerprint density at radius 3 is 2.48 bits per heavy atom. The normalized spacial score (nSPS) is 17.8. The molecular formula is C16H21FN4O2. The summed E-state index contributed by atoms with van der Waals surface area (Å²) in [5.41, 5.74) is 0.571. The van der Waals surface area contributed by atoms with Crippen LogP contribution in [0.3, 0.4) is 0 Å². The number of hydrogen-bond acceptors (Lipinski definition) is 3. The maximum Gasteiger partial charge on any atom is 0.315 e. The molecular weight excluding hydrogens is 299 g/mol. The predicted molar refractivity (Wildman–Crippen MR) is 84.7 cm³/mol. The van der Waals surface area contributed by atoms with E-state index in [1.807, 2.05) is 4.90 Å². The van der Waals surface area contributed by atoms with Crippen LogP contribution >= 0.6 is 0 Å². The fourth-order valence-corrected chi connectivity index (χ4v) is 2.64. The molecule has 1 aliphatic heterocycles. The van der Waals surface area contributed by atoms with Gasteiger partial charge in [-0.1, -0.05) is 12.1 Å². The molecule has 7 heteroatoms. The van der Waals surface area contributed by atoms with E-state index in [4.69, 9.17) is 0 Å². The molecule has 3 amide bonds. The van der Waals surface area contributed by atoms with Gasteiger partial charge in [0.1, 0.15) is 5.82 Å². The molecule has 1 saturated heterocycles. The van der Waals surface area contributed by atoms with Crippen molar-refractivity contribution >= 4 is 17.6 Å². The highest BCUT2D eigenvalue weighted by Crippen LogP contribution is 2.20. The van der Waals surface area contributed by atoms with E-state index < -0.39 is 0 Å². The molecule has 0 unspecified atom stereocenters. The Labute approximate surface area is 134 Å². The van der Waals surface area contributed by atoms with Gasteiger partial charge < -0.3 is 20.4 Å². The van der Waals surface area contributed by atoms with Crippen molar-refractivity contribution in [3.8, 4) is 0 Å². The van der Waals surface area contributed by atoms with Gasteiger partial charge in [-0.3, -0.25) is 4.79 Å². The lowest BCUT2D eigenvalue weighted by atomic mass is 10.2. The summed E-state index contributed by atoms with van der Waals surface area (Å²) in [5.74, 6) is -0.352. The second-order valence-corrected chi connectivity index (χ2v) is 5.92. The van der Waals surface area contributed by atoms with Crippen LogP contribution < -0.4 is 15.5 Å². The number of amides is 3. The monoisotopic (exact) mass is 320 g/mol. The smallest absolute Gasteiger partial charge is 0.315 e. The van der Waals surface area contributed by atoms with Crippen LogP contribution in [0.1, 0.15) is 12.8 Å². The van der Waals surface area contributed by atoms with Gasteiger partial charge in [0, 0.05) is 32.2 Å². The van der Waals surface area contributed by atoms with Crippen LogP contribution in [0.5, 0.6) is 0 Å². The summed E-state index contributed by atoms with van der Waals surface area (Å²) < 4.78 is 13.8. The molecule has 1 aromatic rings. The summed E-state index contributed by atoms with van der Waals surface area (Å²) in [6.45, 7) is 2.22. The molecule has 1 saturated carbocycles. The van der Waals surface area contributed by atoms with Crippen molar-refractivity contribution in [1.82, 2.24) is 15.5 Å². The minimum Gasteiger partial charge on any atom is -0.366 e. The Balaban J connectivity index is 1.43. The number of nitrogens with one attached hydrogen (secondary N) is 2. The van der Waals surface area contributed by atoms with E-state index in [0.29, 0.717) is 31.9 Å². The number of nitrogens with zero attached hydrogens (tertiary/aromatic N) is 2. The number of anilines is 1. The predicted octanol–water partition coefficient (Wildman–Crippen LogP) is 0.936. The van der Waals surface area contributed by atoms with Gasteiger partial charge in [-0.2, -0.15) is 0 Å². The fourth-order valence-electron chi connectivity index (χ4n) is 2.64. The van der Waals surface area contributed by atoms with Crippen molar-refractivity contribution in [2.75, 3.05) is 37.6 Å². The molecule has 2 N–H and O–H groups in total. The Kier molecular flexibility index (Phi) is 4.64. The highest BCUT2D eigenvalue weighted by atomic mass is 19.1. The van der Waals surface area contributed by atoms with Gasteiger partial charge in [0.2, 0.25) is 5.91 Å². The number of benzene rings is 1. The zero-order valence-corrected chi connectivity index (χ0v) is 12.9. The van der Waals surface area contributed by atoms with E-state index >= 15 is 0 Å². The third kappa shape index (κ3) is 4.12. The quantitative estimate of drug-likeness (QED) is 0.868. The zero-order chi connectivity index (χ0) is 16.2. The number of halogens is 1. The molecule has 1 aliphatic carbocycles. The standard InChI is InChI=1S/C16H21FN4O2/c17-13-3-1-2-4-14(13)20-7-9-21(10-8-20)15(22)11-18-16(23)19-12-5-6-12/h1-4,12H,5-11H2,(H2,18,19,23). The summed E-state index contributed by atoms with van der Waals surface area (Å²) in [5, 5.41) is 5.36. The van der Waals surface area contributed by atoms with Crippen molar-refractivity contribution in [3.05, 3.63) is 30.1 Å². The Hall–Kier alpha value is -2.31. The van der Waals surface area contributed by atoms with E-state index in [1.54, 1.807) is 23.1 Å². The van der Waals surface area contributed by atoms with Crippen molar-refractivity contribution < 1.29 is 14.0 Å². The van der Waals surface area contributed by atoms with E-state index in [-0.39, 0.29) is 30.3 Å². The molecule has 1 heterocycles. The lowest BCUT2D eigenvalue weighted by Gasteiger charge is -2.36. The number of urea groups is 1. The summed E-state index contributed by atoms with van der Waals surface area (Å²) in [7, 11) is 0. The van der Waals surface area contributed by atoms with Crippen molar-refractivity contribution in [1.29, 1.82) is 0 Å². The van der Waals surface area contributed by atoms with Gasteiger partial charge in [-0.15, -0.1) is 0 Å². The van der Waals surface area contributed by atoms with Gasteiger partial charge in [-0.05, 0) is 25.0 Å². The zero-order valence-electron chi connectivity index (χ0n) is 12.9. The van der Waals surface area contributed by atoms with Crippen molar-refractivity contribution in [2.45, 2.75) is 18.9 Å². The topological polar surface area (TPSA) is 64.7 Å². The third-order valence-corrected chi connectivity index (χ3v) is 4.14. The van der Waals surface area contributed by atoms with Crippen LogP contribution in [0.2, 0.25) is 0 Å². The van der Waals surface area contributed by atoms with E-state index in [0.717, 1.165) is 12.8 Å². The fraction of sp³-hybridized carbons (Fsp3) is 0.500. The van der Waals surface area contributed by atoms with Crippen LogP contribution in [0.25, 0.3) is 0 Å². The molecule has 3 rings (SSSR count). The van der Waals surface area contributed by atoms with Crippen molar-refractivity contribution in [3.63, 3.8) is 0 Å². The number of carbonyl (C=O) groups excluding carboxylic acids is 2. The molecule has 0 radical (unpaired) electrons. The Bertz CT molecular complexity index is 583. The minimum atomic E-state index is -0.286. The highest BCUT2D eigenvalue weighted by Gasteiger charge is 2.25. The van der Waals surface area contributed by atoms with Crippen LogP contribution in [0, 0.1) is 5.82 Å². The van der Waals surface area contributed by atoms with Gasteiger partial charge >= 0.3 is 6.03 Å². The van der Waals surface area contributed by atoms with Crippen molar-refractivity contribution in [2.24, 2.45) is 0 Å². The minimum absolute atomic E-state index is 0.00173. The summed E-state index contributed by atoms with van der Waals surface area (Å²) in [6, 6.07) is 6.64. The second-order valence-electron chi connectivity index (χ2n) is 5.92. The maximum atomic E-state index is 13.8. The average Bonchev–Trinajstić information content (AvgIpc) is 3.37. The first-order chi connectivity index (χ1) is 11.1. The number of hydrogen-bond donors (Lipinski definition) is 2. The third-order valence-electron chi connectivity index (χ3n) is 4.14. The SMILES string of the molecule is O=C(NCC(=O)N1CCN(c2ccccc2F)CC1)NC1CC1. The first-order valence-corrected chi connectivity index (χ1v) is 7.95. The highest BCUT2D eigenvalue weighted by molar-refractivity contribution is 5.84. The average molecular weight is 320 g/mol. The molecule has 124 valence electrons. The lowest BCUT2D eigenvalue weighted by Crippen LogP contribution is -2.52. The molecule has 0 atom stereocenters. The van der Waals surface area contributed by atoms with E-state index in [1.165, 1.54) is 6.07 Å². The molecule has 0 bridgehead atoms. The number of para-hydroxylation sites is 1. The van der Waals surface area contributed by atoms with Crippen LogP contribution in [-0.2, 0) is 4.79 Å². The van der Waals surface area contributed by atoms with Crippen LogP contribution in [0.15, 0.2) is 24.3 Å². The number of piperazine rings is 1. The number of carbonyl (C=O) groups is 2. The summed E-state index contributed by atoms with van der Waals surface area (Å²) >= 11 is 0. The van der Waals surface area contributed by atoms with Crippen LogP contribution in [-0.4, -0.2) is 55.6 Å². The second kappa shape index (κ2) is 6.85. The van der Waals surface area contributed by atoms with Crippen LogP contribution in [0.4, 0.5) is 14.9 Å². The molecule has 0 spiro atoms. The molecule has 1 aromatic carbocycles. The van der Waals surface area contributed by atoms with E-state index in [9.17, 15) is 14.0 Å². The molecule has 2 aliphatic rings. The molecule has 6 nitrogen and oxygen atoms in total. The lowest BCUT2D eigenvalue weighted by molar-refractivity contribution is -0.130. The molecule has 0 aromatic heterocycles. The number of rotatable bonds is 4. The largest absolute Gasteiger partial charge is 0.366 e. The van der Waals surface area contributed by atoms with E-state index in [2.05, 4.69) is 10.6 Å².